The van der Waals surface area contributed by atoms with Crippen molar-refractivity contribution in [3.05, 3.63) is 23.8 Å². The van der Waals surface area contributed by atoms with Gasteiger partial charge in [0.2, 0.25) is 0 Å². The molecule has 3 heteroatoms. The first kappa shape index (κ1) is 14.4. The van der Waals surface area contributed by atoms with Crippen LogP contribution < -0.4 is 15.2 Å². The van der Waals surface area contributed by atoms with Gasteiger partial charge in [0.05, 0.1) is 0 Å². The predicted molar refractivity (Wildman–Crippen MR) is 87.2 cm³/mol. The van der Waals surface area contributed by atoms with Crippen LogP contribution in [0.25, 0.3) is 0 Å². The van der Waals surface area contributed by atoms with Gasteiger partial charge in [0.25, 0.3) is 5.79 Å². The topological polar surface area (TPSA) is 44.5 Å². The van der Waals surface area contributed by atoms with Crippen molar-refractivity contribution in [1.82, 2.24) is 0 Å². The molecule has 0 radical (unpaired) electrons. The van der Waals surface area contributed by atoms with Gasteiger partial charge < -0.3 is 15.2 Å². The Hall–Kier alpha value is -1.22. The third-order valence-corrected chi connectivity index (χ3v) is 5.68. The van der Waals surface area contributed by atoms with Gasteiger partial charge in [-0.25, -0.2) is 0 Å². The van der Waals surface area contributed by atoms with Gasteiger partial charge in [-0.1, -0.05) is 25.3 Å². The minimum absolute atomic E-state index is 0.361. The van der Waals surface area contributed by atoms with E-state index in [9.17, 15) is 0 Å². The molecule has 0 unspecified atom stereocenters. The normalized spacial score (nSPS) is 29.7. The van der Waals surface area contributed by atoms with Crippen LogP contribution in [-0.2, 0) is 6.42 Å². The van der Waals surface area contributed by atoms with Gasteiger partial charge in [0, 0.05) is 18.9 Å². The van der Waals surface area contributed by atoms with Crippen LogP contribution in [0.2, 0.25) is 0 Å². The molecule has 2 saturated carbocycles. The first-order valence-corrected chi connectivity index (χ1v) is 9.01. The Kier molecular flexibility index (Phi) is 3.77. The van der Waals surface area contributed by atoms with Gasteiger partial charge in [-0.05, 0) is 55.7 Å². The SMILES string of the molecule is N[C@H]1CCCC[C@@H]1Cc1ccc2c(c1)OC1(CCCCC1)O2. The lowest BCUT2D eigenvalue weighted by Gasteiger charge is -2.31. The summed E-state index contributed by atoms with van der Waals surface area (Å²) in [5.74, 6) is 2.14. The lowest BCUT2D eigenvalue weighted by Crippen LogP contribution is -2.40. The first-order valence-electron chi connectivity index (χ1n) is 9.01. The zero-order valence-electron chi connectivity index (χ0n) is 13.4. The minimum atomic E-state index is -0.361. The summed E-state index contributed by atoms with van der Waals surface area (Å²) in [7, 11) is 0. The van der Waals surface area contributed by atoms with E-state index >= 15 is 0 Å². The molecule has 2 fully saturated rings. The molecule has 1 aliphatic heterocycles. The standard InChI is InChI=1S/C19H27NO2/c20-16-7-3-2-6-15(16)12-14-8-9-17-18(13-14)22-19(21-17)10-4-1-5-11-19/h8-9,13,15-16H,1-7,10-12,20H2/t15-,16+/m1/s1. The van der Waals surface area contributed by atoms with Crippen LogP contribution in [0.4, 0.5) is 0 Å². The molecule has 1 heterocycles. The molecule has 3 aliphatic rings. The maximum absolute atomic E-state index is 6.30. The molecule has 1 aromatic carbocycles. The molecule has 2 atom stereocenters. The van der Waals surface area contributed by atoms with Crippen LogP contribution in [0.3, 0.4) is 0 Å². The van der Waals surface area contributed by atoms with E-state index in [1.807, 2.05) is 0 Å². The summed E-state index contributed by atoms with van der Waals surface area (Å²) in [5.41, 5.74) is 7.64. The fraction of sp³-hybridized carbons (Fsp3) is 0.684. The molecule has 0 bridgehead atoms. The maximum Gasteiger partial charge on any atom is 0.251 e. The molecule has 0 aromatic heterocycles. The highest BCUT2D eigenvalue weighted by atomic mass is 16.7. The number of benzene rings is 1. The van der Waals surface area contributed by atoms with Crippen LogP contribution >= 0.6 is 0 Å². The second kappa shape index (κ2) is 5.77. The van der Waals surface area contributed by atoms with Crippen LogP contribution in [0.15, 0.2) is 18.2 Å². The molecule has 120 valence electrons. The van der Waals surface area contributed by atoms with Gasteiger partial charge in [-0.3, -0.25) is 0 Å². The fourth-order valence-electron chi connectivity index (χ4n) is 4.35. The van der Waals surface area contributed by atoms with Gasteiger partial charge in [0.15, 0.2) is 11.5 Å². The Morgan fingerprint density at radius 3 is 2.55 bits per heavy atom. The van der Waals surface area contributed by atoms with Crippen LogP contribution in [0, 0.1) is 5.92 Å². The van der Waals surface area contributed by atoms with E-state index in [0.717, 1.165) is 30.8 Å². The maximum atomic E-state index is 6.30. The molecule has 1 spiro atoms. The van der Waals surface area contributed by atoms with E-state index in [1.165, 1.54) is 50.5 Å². The molecule has 2 N–H and O–H groups in total. The third kappa shape index (κ3) is 2.71. The molecule has 0 saturated heterocycles. The van der Waals surface area contributed by atoms with E-state index in [-0.39, 0.29) is 5.79 Å². The van der Waals surface area contributed by atoms with Crippen molar-refractivity contribution in [2.45, 2.75) is 76.0 Å². The highest BCUT2D eigenvalue weighted by Crippen LogP contribution is 2.46. The lowest BCUT2D eigenvalue weighted by molar-refractivity contribution is -0.105. The largest absolute Gasteiger partial charge is 0.448 e. The van der Waals surface area contributed by atoms with Crippen molar-refractivity contribution in [1.29, 1.82) is 0 Å². The number of hydrogen-bond donors (Lipinski definition) is 1. The lowest BCUT2D eigenvalue weighted by atomic mass is 9.81. The summed E-state index contributed by atoms with van der Waals surface area (Å²) < 4.78 is 12.4. The first-order chi connectivity index (χ1) is 10.7. The van der Waals surface area contributed by atoms with Gasteiger partial charge >= 0.3 is 0 Å². The smallest absolute Gasteiger partial charge is 0.251 e. The second-order valence-electron chi connectivity index (χ2n) is 7.37. The Bertz CT molecular complexity index is 536. The van der Waals surface area contributed by atoms with E-state index in [2.05, 4.69) is 18.2 Å². The number of hydrogen-bond acceptors (Lipinski definition) is 3. The highest BCUT2D eigenvalue weighted by Gasteiger charge is 2.42. The molecule has 3 nitrogen and oxygen atoms in total. The number of ether oxygens (including phenoxy) is 2. The van der Waals surface area contributed by atoms with Gasteiger partial charge in [-0.15, -0.1) is 0 Å². The predicted octanol–water partition coefficient (Wildman–Crippen LogP) is 4.18. The molecule has 1 aromatic rings. The second-order valence-corrected chi connectivity index (χ2v) is 7.37. The summed E-state index contributed by atoms with van der Waals surface area (Å²) >= 11 is 0. The van der Waals surface area contributed by atoms with Crippen LogP contribution in [0.1, 0.15) is 63.4 Å². The Morgan fingerprint density at radius 1 is 0.955 bits per heavy atom. The van der Waals surface area contributed by atoms with Crippen molar-refractivity contribution < 1.29 is 9.47 Å². The summed E-state index contributed by atoms with van der Waals surface area (Å²) in [4.78, 5) is 0. The zero-order chi connectivity index (χ0) is 15.0. The van der Waals surface area contributed by atoms with Crippen molar-refractivity contribution in [2.75, 3.05) is 0 Å². The summed E-state index contributed by atoms with van der Waals surface area (Å²) in [5, 5.41) is 0. The monoisotopic (exact) mass is 301 g/mol. The molecular weight excluding hydrogens is 274 g/mol. The fourth-order valence-corrected chi connectivity index (χ4v) is 4.35. The molecule has 0 amide bonds. The molecular formula is C19H27NO2. The number of fused-ring (bicyclic) bond motifs is 1. The zero-order valence-corrected chi connectivity index (χ0v) is 13.4. The number of nitrogens with two attached hydrogens (primary N) is 1. The van der Waals surface area contributed by atoms with Gasteiger partial charge in [0.1, 0.15) is 0 Å². The van der Waals surface area contributed by atoms with Crippen molar-refractivity contribution in [3.8, 4) is 11.5 Å². The Morgan fingerprint density at radius 2 is 1.73 bits per heavy atom. The van der Waals surface area contributed by atoms with E-state index in [1.54, 1.807) is 0 Å². The average molecular weight is 301 g/mol. The quantitative estimate of drug-likeness (QED) is 0.891. The van der Waals surface area contributed by atoms with E-state index in [0.29, 0.717) is 12.0 Å². The third-order valence-electron chi connectivity index (χ3n) is 5.68. The van der Waals surface area contributed by atoms with Crippen LogP contribution in [-0.4, -0.2) is 11.8 Å². The molecule has 4 rings (SSSR count). The van der Waals surface area contributed by atoms with E-state index in [4.69, 9.17) is 15.2 Å². The molecule has 2 aliphatic carbocycles. The van der Waals surface area contributed by atoms with Crippen molar-refractivity contribution >= 4 is 0 Å². The average Bonchev–Trinajstić information content (AvgIpc) is 2.87. The summed E-state index contributed by atoms with van der Waals surface area (Å²) in [6.45, 7) is 0. The van der Waals surface area contributed by atoms with Crippen molar-refractivity contribution in [3.63, 3.8) is 0 Å². The number of rotatable bonds is 2. The highest BCUT2D eigenvalue weighted by molar-refractivity contribution is 5.46. The van der Waals surface area contributed by atoms with E-state index < -0.39 is 0 Å². The molecule has 22 heavy (non-hydrogen) atoms. The summed E-state index contributed by atoms with van der Waals surface area (Å²) in [6, 6.07) is 6.86. The van der Waals surface area contributed by atoms with Gasteiger partial charge in [-0.2, -0.15) is 0 Å². The Balaban J connectivity index is 1.48. The van der Waals surface area contributed by atoms with Crippen LogP contribution in [0.5, 0.6) is 11.5 Å². The minimum Gasteiger partial charge on any atom is -0.448 e. The Labute approximate surface area is 133 Å². The van der Waals surface area contributed by atoms with Crippen molar-refractivity contribution in [2.24, 2.45) is 11.7 Å². The summed E-state index contributed by atoms with van der Waals surface area (Å²) in [6.07, 6.45) is 11.9.